The van der Waals surface area contributed by atoms with E-state index in [0.717, 1.165) is 0 Å². The Morgan fingerprint density at radius 1 is 1.50 bits per heavy atom. The molecule has 6 heteroatoms. The van der Waals surface area contributed by atoms with Gasteiger partial charge in [0.15, 0.2) is 9.84 Å². The molecule has 0 saturated heterocycles. The number of phenols is 1. The number of fused-ring (bicyclic) bond motifs is 1. The second kappa shape index (κ2) is 4.28. The third kappa shape index (κ3) is 2.08. The molecule has 0 saturated carbocycles. The summed E-state index contributed by atoms with van der Waals surface area (Å²) < 4.78 is 24.4. The first kappa shape index (κ1) is 12.9. The van der Waals surface area contributed by atoms with Crippen LogP contribution in [0.15, 0.2) is 23.1 Å². The summed E-state index contributed by atoms with van der Waals surface area (Å²) in [5, 5.41) is 17.5. The van der Waals surface area contributed by atoms with Gasteiger partial charge in [-0.2, -0.15) is 0 Å². The first-order chi connectivity index (χ1) is 8.32. The van der Waals surface area contributed by atoms with Crippen LogP contribution in [0.3, 0.4) is 0 Å². The molecule has 0 fully saturated rings. The maximum Gasteiger partial charge on any atom is 0.306 e. The fraction of sp³-hybridized carbons (Fsp3) is 0.417. The van der Waals surface area contributed by atoms with Crippen LogP contribution in [0.1, 0.15) is 18.9 Å². The summed E-state index contributed by atoms with van der Waals surface area (Å²) in [6, 6.07) is 4.14. The molecule has 1 aliphatic heterocycles. The Balaban J connectivity index is 2.32. The van der Waals surface area contributed by atoms with Crippen LogP contribution in [0.2, 0.25) is 0 Å². The minimum Gasteiger partial charge on any atom is -0.508 e. The third-order valence-corrected chi connectivity index (χ3v) is 5.52. The molecule has 2 unspecified atom stereocenters. The SMILES string of the molecule is CC(CC1Cc2cc(O)ccc2S1(=O)=O)C(=O)O. The molecule has 1 aromatic carbocycles. The van der Waals surface area contributed by atoms with Crippen molar-refractivity contribution in [3.63, 3.8) is 0 Å². The molecule has 0 radical (unpaired) electrons. The van der Waals surface area contributed by atoms with Crippen molar-refractivity contribution in [1.82, 2.24) is 0 Å². The molecule has 2 atom stereocenters. The molecule has 0 spiro atoms. The second-order valence-electron chi connectivity index (χ2n) is 4.64. The lowest BCUT2D eigenvalue weighted by Gasteiger charge is -2.12. The zero-order valence-electron chi connectivity index (χ0n) is 9.83. The Hall–Kier alpha value is -1.56. The molecule has 18 heavy (non-hydrogen) atoms. The molecule has 0 amide bonds. The van der Waals surface area contributed by atoms with E-state index in [1.54, 1.807) is 0 Å². The molecule has 0 bridgehead atoms. The summed E-state index contributed by atoms with van der Waals surface area (Å²) in [5.74, 6) is -1.67. The molecule has 0 aliphatic carbocycles. The average Bonchev–Trinajstić information content (AvgIpc) is 2.50. The van der Waals surface area contributed by atoms with E-state index in [1.165, 1.54) is 25.1 Å². The Labute approximate surface area is 105 Å². The summed E-state index contributed by atoms with van der Waals surface area (Å²) in [6.45, 7) is 1.50. The van der Waals surface area contributed by atoms with Crippen molar-refractivity contribution in [3.8, 4) is 5.75 Å². The number of carboxylic acids is 1. The van der Waals surface area contributed by atoms with Gasteiger partial charge in [0, 0.05) is 0 Å². The van der Waals surface area contributed by atoms with Gasteiger partial charge in [-0.05, 0) is 36.6 Å². The Morgan fingerprint density at radius 2 is 2.17 bits per heavy atom. The molecule has 0 aromatic heterocycles. The van der Waals surface area contributed by atoms with Crippen LogP contribution in [0, 0.1) is 5.92 Å². The van der Waals surface area contributed by atoms with Gasteiger partial charge >= 0.3 is 5.97 Å². The van der Waals surface area contributed by atoms with Crippen molar-refractivity contribution < 1.29 is 23.4 Å². The highest BCUT2D eigenvalue weighted by Crippen LogP contribution is 2.36. The molecule has 1 heterocycles. The summed E-state index contributed by atoms with van der Waals surface area (Å²) in [7, 11) is -3.47. The molecule has 2 N–H and O–H groups in total. The lowest BCUT2D eigenvalue weighted by molar-refractivity contribution is -0.141. The summed E-state index contributed by atoms with van der Waals surface area (Å²) in [5.41, 5.74) is 0.567. The van der Waals surface area contributed by atoms with E-state index in [0.29, 0.717) is 5.56 Å². The summed E-state index contributed by atoms with van der Waals surface area (Å²) >= 11 is 0. The molecule has 2 rings (SSSR count). The number of rotatable bonds is 3. The van der Waals surface area contributed by atoms with Crippen LogP contribution in [0.25, 0.3) is 0 Å². The fourth-order valence-electron chi connectivity index (χ4n) is 2.24. The van der Waals surface area contributed by atoms with Gasteiger partial charge in [-0.3, -0.25) is 4.79 Å². The van der Waals surface area contributed by atoms with Gasteiger partial charge in [0.2, 0.25) is 0 Å². The van der Waals surface area contributed by atoms with Crippen molar-refractivity contribution in [2.45, 2.75) is 29.9 Å². The molecule has 1 aliphatic rings. The number of hydrogen-bond donors (Lipinski definition) is 2. The number of sulfone groups is 1. The predicted octanol–water partition coefficient (Wildman–Crippen LogP) is 1.20. The minimum atomic E-state index is -3.47. The minimum absolute atomic E-state index is 0.0240. The molecule has 5 nitrogen and oxygen atoms in total. The second-order valence-corrected chi connectivity index (χ2v) is 6.83. The van der Waals surface area contributed by atoms with Gasteiger partial charge < -0.3 is 10.2 Å². The van der Waals surface area contributed by atoms with Crippen LogP contribution in [0.4, 0.5) is 0 Å². The van der Waals surface area contributed by atoms with Crippen molar-refractivity contribution in [3.05, 3.63) is 23.8 Å². The average molecular weight is 270 g/mol. The summed E-state index contributed by atoms with van der Waals surface area (Å²) in [4.78, 5) is 11.0. The van der Waals surface area contributed by atoms with Crippen LogP contribution >= 0.6 is 0 Å². The monoisotopic (exact) mass is 270 g/mol. The van der Waals surface area contributed by atoms with Gasteiger partial charge in [-0.25, -0.2) is 8.42 Å². The highest BCUT2D eigenvalue weighted by atomic mass is 32.2. The standard InChI is InChI=1S/C12H14O5S/c1-7(12(14)15)4-10-6-8-5-9(13)2-3-11(8)18(10,16)17/h2-3,5,7,10,13H,4,6H2,1H3,(H,14,15). The zero-order valence-corrected chi connectivity index (χ0v) is 10.6. The van der Waals surface area contributed by atoms with Crippen LogP contribution < -0.4 is 0 Å². The van der Waals surface area contributed by atoms with Gasteiger partial charge in [0.05, 0.1) is 16.1 Å². The molecule has 98 valence electrons. The maximum absolute atomic E-state index is 12.2. The normalized spacial score (nSPS) is 22.4. The van der Waals surface area contributed by atoms with E-state index in [1.807, 2.05) is 0 Å². The molecular weight excluding hydrogens is 256 g/mol. The zero-order chi connectivity index (χ0) is 13.5. The van der Waals surface area contributed by atoms with E-state index in [9.17, 15) is 18.3 Å². The predicted molar refractivity (Wildman–Crippen MR) is 64.2 cm³/mol. The van der Waals surface area contributed by atoms with Gasteiger partial charge in [0.1, 0.15) is 5.75 Å². The Bertz CT molecular complexity index is 590. The van der Waals surface area contributed by atoms with E-state index in [4.69, 9.17) is 5.11 Å². The highest BCUT2D eigenvalue weighted by molar-refractivity contribution is 7.92. The number of carboxylic acid groups (broad SMARTS) is 1. The fourth-order valence-corrected chi connectivity index (χ4v) is 4.31. The number of carbonyl (C=O) groups is 1. The number of hydrogen-bond acceptors (Lipinski definition) is 4. The first-order valence-corrected chi connectivity index (χ1v) is 7.15. The number of aliphatic carboxylic acids is 1. The van der Waals surface area contributed by atoms with Gasteiger partial charge in [-0.1, -0.05) is 6.92 Å². The lowest BCUT2D eigenvalue weighted by atomic mass is 10.0. The van der Waals surface area contributed by atoms with Crippen LogP contribution in [0.5, 0.6) is 5.75 Å². The van der Waals surface area contributed by atoms with Crippen molar-refractivity contribution in [2.75, 3.05) is 0 Å². The van der Waals surface area contributed by atoms with Gasteiger partial charge in [-0.15, -0.1) is 0 Å². The number of aromatic hydroxyl groups is 1. The number of phenolic OH excluding ortho intramolecular Hbond substituents is 1. The van der Waals surface area contributed by atoms with Gasteiger partial charge in [0.25, 0.3) is 0 Å². The lowest BCUT2D eigenvalue weighted by Crippen LogP contribution is -2.23. The highest BCUT2D eigenvalue weighted by Gasteiger charge is 2.38. The van der Waals surface area contributed by atoms with Crippen molar-refractivity contribution >= 4 is 15.8 Å². The van der Waals surface area contributed by atoms with E-state index in [2.05, 4.69) is 0 Å². The quantitative estimate of drug-likeness (QED) is 0.861. The molecule has 1 aromatic rings. The number of benzene rings is 1. The summed E-state index contributed by atoms with van der Waals surface area (Å²) in [6.07, 6.45) is 0.358. The van der Waals surface area contributed by atoms with E-state index in [-0.39, 0.29) is 23.5 Å². The topological polar surface area (TPSA) is 91.7 Å². The Kier molecular flexibility index (Phi) is 3.06. The third-order valence-electron chi connectivity index (χ3n) is 3.28. The van der Waals surface area contributed by atoms with E-state index >= 15 is 0 Å². The smallest absolute Gasteiger partial charge is 0.306 e. The van der Waals surface area contributed by atoms with Crippen molar-refractivity contribution in [1.29, 1.82) is 0 Å². The Morgan fingerprint density at radius 3 is 2.78 bits per heavy atom. The van der Waals surface area contributed by atoms with Crippen molar-refractivity contribution in [2.24, 2.45) is 5.92 Å². The van der Waals surface area contributed by atoms with E-state index < -0.39 is 27.0 Å². The maximum atomic E-state index is 12.2. The van der Waals surface area contributed by atoms with Crippen LogP contribution in [-0.4, -0.2) is 29.9 Å². The molecular formula is C12H14O5S. The largest absolute Gasteiger partial charge is 0.508 e. The first-order valence-electron chi connectivity index (χ1n) is 5.61. The van der Waals surface area contributed by atoms with Crippen LogP contribution in [-0.2, 0) is 21.1 Å².